The molecule has 30 heavy (non-hydrogen) atoms. The van der Waals surface area contributed by atoms with Crippen molar-refractivity contribution in [1.29, 1.82) is 0 Å². The van der Waals surface area contributed by atoms with Crippen LogP contribution in [0.15, 0.2) is 29.9 Å². The molecule has 1 N–H and O–H groups in total. The van der Waals surface area contributed by atoms with Gasteiger partial charge in [0.05, 0.1) is 40.3 Å². The van der Waals surface area contributed by atoms with E-state index in [0.717, 1.165) is 23.0 Å². The van der Waals surface area contributed by atoms with Crippen molar-refractivity contribution < 1.29 is 18.0 Å². The molecule has 3 aromatic heterocycles. The van der Waals surface area contributed by atoms with E-state index < -0.39 is 11.7 Å². The molecule has 0 atom stereocenters. The monoisotopic (exact) mass is 437 g/mol. The molecule has 0 unspecified atom stereocenters. The Kier molecular flexibility index (Phi) is 6.25. The standard InChI is InChI=1S/C20H22F3N5OS/c1-11(2)17-15(18(29)25-8-14-10-30-19(27-14)12(3)4)9-26-28(17)16-6-5-13(7-24-16)20(21,22)23/h5-7,9-12H,8H2,1-4H3,(H,25,29). The number of rotatable bonds is 6. The second kappa shape index (κ2) is 8.55. The van der Waals surface area contributed by atoms with Gasteiger partial charge < -0.3 is 5.32 Å². The summed E-state index contributed by atoms with van der Waals surface area (Å²) < 4.78 is 39.8. The van der Waals surface area contributed by atoms with Gasteiger partial charge in [-0.1, -0.05) is 27.7 Å². The van der Waals surface area contributed by atoms with Crippen LogP contribution in [0.25, 0.3) is 5.82 Å². The number of aromatic nitrogens is 4. The first-order valence-corrected chi connectivity index (χ1v) is 10.3. The fourth-order valence-corrected chi connectivity index (χ4v) is 3.72. The van der Waals surface area contributed by atoms with Gasteiger partial charge in [0.25, 0.3) is 5.91 Å². The number of hydrogen-bond acceptors (Lipinski definition) is 5. The quantitative estimate of drug-likeness (QED) is 0.594. The fourth-order valence-electron chi connectivity index (χ4n) is 2.89. The summed E-state index contributed by atoms with van der Waals surface area (Å²) >= 11 is 1.55. The molecule has 0 aromatic carbocycles. The molecule has 3 heterocycles. The molecule has 0 fully saturated rings. The predicted molar refractivity (Wildman–Crippen MR) is 108 cm³/mol. The van der Waals surface area contributed by atoms with Gasteiger partial charge in [0.2, 0.25) is 0 Å². The highest BCUT2D eigenvalue weighted by Gasteiger charge is 2.31. The minimum atomic E-state index is -4.47. The molecule has 0 spiro atoms. The van der Waals surface area contributed by atoms with Crippen LogP contribution in [0.2, 0.25) is 0 Å². The Balaban J connectivity index is 1.82. The molecular weight excluding hydrogens is 415 g/mol. The van der Waals surface area contributed by atoms with Crippen molar-refractivity contribution in [3.63, 3.8) is 0 Å². The first-order chi connectivity index (χ1) is 14.1. The van der Waals surface area contributed by atoms with Crippen molar-refractivity contribution in [1.82, 2.24) is 25.1 Å². The van der Waals surface area contributed by atoms with E-state index in [0.29, 0.717) is 17.2 Å². The molecule has 0 aliphatic heterocycles. The van der Waals surface area contributed by atoms with Crippen LogP contribution in [0.4, 0.5) is 13.2 Å². The van der Waals surface area contributed by atoms with E-state index in [1.165, 1.54) is 16.9 Å². The topological polar surface area (TPSA) is 72.7 Å². The number of thiazole rings is 1. The highest BCUT2D eigenvalue weighted by atomic mass is 32.1. The number of nitrogens with zero attached hydrogens (tertiary/aromatic N) is 4. The molecule has 0 bridgehead atoms. The van der Waals surface area contributed by atoms with Gasteiger partial charge in [0.1, 0.15) is 0 Å². The lowest BCUT2D eigenvalue weighted by atomic mass is 10.1. The predicted octanol–water partition coefficient (Wildman–Crippen LogP) is 4.92. The SMILES string of the molecule is CC(C)c1nc(CNC(=O)c2cnn(-c3ccc(C(F)(F)F)cn3)c2C(C)C)cs1. The van der Waals surface area contributed by atoms with Crippen LogP contribution in [0.1, 0.15) is 71.8 Å². The molecule has 3 rings (SSSR count). The lowest BCUT2D eigenvalue weighted by Gasteiger charge is -2.13. The zero-order valence-electron chi connectivity index (χ0n) is 17.0. The van der Waals surface area contributed by atoms with E-state index in [2.05, 4.69) is 34.2 Å². The molecule has 10 heteroatoms. The van der Waals surface area contributed by atoms with Gasteiger partial charge in [0, 0.05) is 17.5 Å². The van der Waals surface area contributed by atoms with Crippen LogP contribution in [-0.2, 0) is 12.7 Å². The lowest BCUT2D eigenvalue weighted by Crippen LogP contribution is -2.24. The van der Waals surface area contributed by atoms with E-state index in [1.807, 2.05) is 19.2 Å². The fraction of sp³-hybridized carbons (Fsp3) is 0.400. The molecule has 160 valence electrons. The average molecular weight is 437 g/mol. The van der Waals surface area contributed by atoms with Crippen LogP contribution in [-0.4, -0.2) is 25.7 Å². The Morgan fingerprint density at radius 1 is 1.17 bits per heavy atom. The first kappa shape index (κ1) is 21.9. The van der Waals surface area contributed by atoms with Crippen molar-refractivity contribution in [2.45, 2.75) is 52.3 Å². The molecule has 0 saturated heterocycles. The van der Waals surface area contributed by atoms with Crippen molar-refractivity contribution in [2.24, 2.45) is 0 Å². The van der Waals surface area contributed by atoms with Gasteiger partial charge in [-0.3, -0.25) is 4.79 Å². The zero-order valence-corrected chi connectivity index (χ0v) is 17.8. The highest BCUT2D eigenvalue weighted by Crippen LogP contribution is 2.29. The Morgan fingerprint density at radius 2 is 1.90 bits per heavy atom. The molecule has 0 radical (unpaired) electrons. The first-order valence-electron chi connectivity index (χ1n) is 9.42. The molecule has 1 amide bonds. The Hall–Kier alpha value is -2.75. The summed E-state index contributed by atoms with van der Waals surface area (Å²) in [5, 5.41) is 9.95. The summed E-state index contributed by atoms with van der Waals surface area (Å²) in [6, 6.07) is 2.19. The van der Waals surface area contributed by atoms with Crippen LogP contribution >= 0.6 is 11.3 Å². The van der Waals surface area contributed by atoms with Gasteiger partial charge in [0.15, 0.2) is 5.82 Å². The van der Waals surface area contributed by atoms with Crippen LogP contribution in [0, 0.1) is 0 Å². The van der Waals surface area contributed by atoms with Gasteiger partial charge >= 0.3 is 6.18 Å². The molecule has 3 aromatic rings. The number of carbonyl (C=O) groups excluding carboxylic acids is 1. The molecular formula is C20H22F3N5OS. The minimum Gasteiger partial charge on any atom is -0.346 e. The zero-order chi connectivity index (χ0) is 22.1. The van der Waals surface area contributed by atoms with E-state index in [9.17, 15) is 18.0 Å². The lowest BCUT2D eigenvalue weighted by molar-refractivity contribution is -0.137. The van der Waals surface area contributed by atoms with Crippen molar-refractivity contribution in [3.8, 4) is 5.82 Å². The summed E-state index contributed by atoms with van der Waals surface area (Å²) in [5.41, 5.74) is 0.860. The van der Waals surface area contributed by atoms with E-state index in [-0.39, 0.29) is 24.2 Å². The number of alkyl halides is 3. The van der Waals surface area contributed by atoms with E-state index in [1.54, 1.807) is 11.3 Å². The van der Waals surface area contributed by atoms with Gasteiger partial charge in [-0.05, 0) is 18.1 Å². The maximum Gasteiger partial charge on any atom is 0.417 e. The van der Waals surface area contributed by atoms with Gasteiger partial charge in [-0.2, -0.15) is 18.3 Å². The van der Waals surface area contributed by atoms with Gasteiger partial charge in [-0.25, -0.2) is 14.6 Å². The average Bonchev–Trinajstić information content (AvgIpc) is 3.33. The number of pyridine rings is 1. The number of amides is 1. The highest BCUT2D eigenvalue weighted by molar-refractivity contribution is 7.09. The third-order valence-corrected chi connectivity index (χ3v) is 5.58. The summed E-state index contributed by atoms with van der Waals surface area (Å²) in [4.78, 5) is 21.1. The van der Waals surface area contributed by atoms with Crippen molar-refractivity contribution >= 4 is 17.2 Å². The number of nitrogens with one attached hydrogen (secondary N) is 1. The molecule has 6 nitrogen and oxygen atoms in total. The number of halogens is 3. The minimum absolute atomic E-state index is 0.107. The number of hydrogen-bond donors (Lipinski definition) is 1. The smallest absolute Gasteiger partial charge is 0.346 e. The normalized spacial score (nSPS) is 12.0. The maximum atomic E-state index is 12.8. The summed E-state index contributed by atoms with van der Waals surface area (Å²) in [6.45, 7) is 8.15. The maximum absolute atomic E-state index is 12.8. The summed E-state index contributed by atoms with van der Waals surface area (Å²) in [7, 11) is 0. The van der Waals surface area contributed by atoms with Crippen molar-refractivity contribution in [3.05, 3.63) is 57.4 Å². The van der Waals surface area contributed by atoms with Gasteiger partial charge in [-0.15, -0.1) is 11.3 Å². The second-order valence-corrected chi connectivity index (χ2v) is 8.32. The Bertz CT molecular complexity index is 1020. The third-order valence-electron chi connectivity index (χ3n) is 4.38. The summed E-state index contributed by atoms with van der Waals surface area (Å²) in [5.74, 6) is 0.105. The van der Waals surface area contributed by atoms with Crippen LogP contribution in [0.3, 0.4) is 0 Å². The molecule has 0 saturated carbocycles. The molecule has 0 aliphatic rings. The van der Waals surface area contributed by atoms with Crippen molar-refractivity contribution in [2.75, 3.05) is 0 Å². The summed E-state index contributed by atoms with van der Waals surface area (Å²) in [6.07, 6.45) is -2.30. The molecule has 0 aliphatic carbocycles. The van der Waals surface area contributed by atoms with E-state index >= 15 is 0 Å². The van der Waals surface area contributed by atoms with Crippen LogP contribution in [0.5, 0.6) is 0 Å². The van der Waals surface area contributed by atoms with Crippen LogP contribution < -0.4 is 5.32 Å². The second-order valence-electron chi connectivity index (χ2n) is 7.43. The number of carbonyl (C=O) groups is 1. The largest absolute Gasteiger partial charge is 0.417 e. The Morgan fingerprint density at radius 3 is 2.43 bits per heavy atom. The third kappa shape index (κ3) is 4.69. The van der Waals surface area contributed by atoms with E-state index in [4.69, 9.17) is 0 Å². The Labute approximate surface area is 176 Å².